The van der Waals surface area contributed by atoms with Crippen molar-refractivity contribution in [1.29, 1.82) is 0 Å². The van der Waals surface area contributed by atoms with Gasteiger partial charge in [0, 0.05) is 30.9 Å². The highest BCUT2D eigenvalue weighted by atomic mass is 32.2. The summed E-state index contributed by atoms with van der Waals surface area (Å²) in [5.74, 6) is 1.56. The number of anilines is 2. The second-order valence-corrected chi connectivity index (χ2v) is 9.90. The summed E-state index contributed by atoms with van der Waals surface area (Å²) in [6.07, 6.45) is 1.72. The number of pyridine rings is 1. The van der Waals surface area contributed by atoms with E-state index in [9.17, 15) is 8.42 Å². The molecule has 36 heavy (non-hydrogen) atoms. The van der Waals surface area contributed by atoms with Crippen molar-refractivity contribution >= 4 is 21.8 Å². The molecule has 3 heterocycles. The summed E-state index contributed by atoms with van der Waals surface area (Å²) in [6.45, 7) is 4.88. The van der Waals surface area contributed by atoms with Crippen LogP contribution in [0.3, 0.4) is 0 Å². The Morgan fingerprint density at radius 2 is 1.64 bits per heavy atom. The summed E-state index contributed by atoms with van der Waals surface area (Å²) in [5, 5.41) is 0. The van der Waals surface area contributed by atoms with E-state index >= 15 is 0 Å². The van der Waals surface area contributed by atoms with E-state index in [2.05, 4.69) is 24.6 Å². The van der Waals surface area contributed by atoms with Gasteiger partial charge < -0.3 is 14.4 Å². The van der Waals surface area contributed by atoms with Crippen LogP contribution in [0.1, 0.15) is 5.56 Å². The number of para-hydroxylation sites is 1. The zero-order chi connectivity index (χ0) is 25.0. The topological polar surface area (TPSA) is 107 Å². The van der Waals surface area contributed by atoms with E-state index in [1.54, 1.807) is 42.6 Å². The molecule has 0 atom stereocenters. The van der Waals surface area contributed by atoms with E-state index in [4.69, 9.17) is 9.47 Å². The van der Waals surface area contributed by atoms with Crippen LogP contribution in [0.5, 0.6) is 11.6 Å². The molecule has 5 rings (SSSR count). The molecule has 10 heteroatoms. The van der Waals surface area contributed by atoms with E-state index < -0.39 is 10.0 Å². The summed E-state index contributed by atoms with van der Waals surface area (Å²) < 4.78 is 39.7. The van der Waals surface area contributed by atoms with Crippen LogP contribution in [0.15, 0.2) is 83.9 Å². The highest BCUT2D eigenvalue weighted by Crippen LogP contribution is 2.29. The number of ether oxygens (including phenoxy) is 2. The van der Waals surface area contributed by atoms with Crippen molar-refractivity contribution in [2.45, 2.75) is 11.8 Å². The van der Waals surface area contributed by atoms with Crippen LogP contribution < -0.4 is 14.4 Å². The van der Waals surface area contributed by atoms with Gasteiger partial charge in [0.25, 0.3) is 10.0 Å². The summed E-state index contributed by atoms with van der Waals surface area (Å²) in [5.41, 5.74) is 2.17. The molecule has 0 saturated carbocycles. The van der Waals surface area contributed by atoms with Gasteiger partial charge in [-0.25, -0.2) is 23.1 Å². The Hall–Kier alpha value is -4.02. The highest BCUT2D eigenvalue weighted by molar-refractivity contribution is 7.92. The Morgan fingerprint density at radius 1 is 0.944 bits per heavy atom. The van der Waals surface area contributed by atoms with E-state index in [-0.39, 0.29) is 16.7 Å². The molecule has 2 aromatic heterocycles. The number of nitrogens with zero attached hydrogens (tertiary/aromatic N) is 4. The molecule has 2 aromatic carbocycles. The fourth-order valence-electron chi connectivity index (χ4n) is 3.87. The Labute approximate surface area is 209 Å². The van der Waals surface area contributed by atoms with E-state index in [0.717, 1.165) is 24.5 Å². The summed E-state index contributed by atoms with van der Waals surface area (Å²) >= 11 is 0. The molecule has 0 bridgehead atoms. The molecule has 1 fully saturated rings. The molecule has 0 spiro atoms. The zero-order valence-electron chi connectivity index (χ0n) is 19.7. The summed E-state index contributed by atoms with van der Waals surface area (Å²) in [6, 6.07) is 20.8. The molecule has 4 aromatic rings. The molecule has 1 saturated heterocycles. The van der Waals surface area contributed by atoms with Crippen molar-refractivity contribution in [2.24, 2.45) is 0 Å². The van der Waals surface area contributed by atoms with E-state index in [1.165, 1.54) is 12.1 Å². The maximum absolute atomic E-state index is 12.9. The molecule has 0 amide bonds. The standard InChI is InChI=1S/C26H25N5O4S/c1-19-16-20(18-27-25(19)31-12-14-34-15-13-31)23-17-24(35-21-8-4-2-5-9-21)29-26(28-23)30-36(32,33)22-10-6-3-7-11-22/h2-11,16-18H,12-15H2,1H3,(H,28,29,30). The maximum atomic E-state index is 12.9. The Kier molecular flexibility index (Phi) is 6.79. The number of benzene rings is 2. The van der Waals surface area contributed by atoms with Crippen LogP contribution in [-0.4, -0.2) is 49.7 Å². The van der Waals surface area contributed by atoms with Crippen molar-refractivity contribution in [1.82, 2.24) is 15.0 Å². The van der Waals surface area contributed by atoms with Gasteiger partial charge in [0.05, 0.1) is 23.8 Å². The fourth-order valence-corrected chi connectivity index (χ4v) is 4.84. The second-order valence-electron chi connectivity index (χ2n) is 8.21. The third-order valence-corrected chi connectivity index (χ3v) is 6.95. The lowest BCUT2D eigenvalue weighted by Crippen LogP contribution is -2.37. The van der Waals surface area contributed by atoms with Crippen molar-refractivity contribution in [3.8, 4) is 22.9 Å². The average Bonchev–Trinajstić information content (AvgIpc) is 2.90. The van der Waals surface area contributed by atoms with E-state index in [0.29, 0.717) is 30.2 Å². The van der Waals surface area contributed by atoms with Crippen molar-refractivity contribution in [2.75, 3.05) is 35.9 Å². The quantitative estimate of drug-likeness (QED) is 0.398. The third kappa shape index (κ3) is 5.45. The highest BCUT2D eigenvalue weighted by Gasteiger charge is 2.19. The lowest BCUT2D eigenvalue weighted by molar-refractivity contribution is 0.122. The minimum Gasteiger partial charge on any atom is -0.439 e. The van der Waals surface area contributed by atoms with Crippen LogP contribution in [0.2, 0.25) is 0 Å². The lowest BCUT2D eigenvalue weighted by atomic mass is 10.1. The van der Waals surface area contributed by atoms with Gasteiger partial charge in [-0.3, -0.25) is 0 Å². The lowest BCUT2D eigenvalue weighted by Gasteiger charge is -2.29. The number of aryl methyl sites for hydroxylation is 1. The molecule has 0 aliphatic carbocycles. The molecule has 1 N–H and O–H groups in total. The van der Waals surface area contributed by atoms with Crippen LogP contribution in [-0.2, 0) is 14.8 Å². The van der Waals surface area contributed by atoms with Gasteiger partial charge in [-0.05, 0) is 42.8 Å². The molecule has 184 valence electrons. The van der Waals surface area contributed by atoms with E-state index in [1.807, 2.05) is 31.2 Å². The van der Waals surface area contributed by atoms with Gasteiger partial charge >= 0.3 is 0 Å². The molecule has 1 aliphatic heterocycles. The average molecular weight is 504 g/mol. The number of nitrogens with one attached hydrogen (secondary N) is 1. The second kappa shape index (κ2) is 10.3. The number of morpholine rings is 1. The van der Waals surface area contributed by atoms with Gasteiger partial charge in [0.2, 0.25) is 11.8 Å². The smallest absolute Gasteiger partial charge is 0.264 e. The number of aromatic nitrogens is 3. The van der Waals surface area contributed by atoms with Crippen molar-refractivity contribution < 1.29 is 17.9 Å². The van der Waals surface area contributed by atoms with Crippen LogP contribution in [0.4, 0.5) is 11.8 Å². The summed E-state index contributed by atoms with van der Waals surface area (Å²) in [4.78, 5) is 15.8. The maximum Gasteiger partial charge on any atom is 0.264 e. The Bertz CT molecular complexity index is 1440. The number of hydrogen-bond acceptors (Lipinski definition) is 8. The van der Waals surface area contributed by atoms with Crippen LogP contribution in [0, 0.1) is 6.92 Å². The molecular weight excluding hydrogens is 478 g/mol. The van der Waals surface area contributed by atoms with Gasteiger partial charge in [-0.1, -0.05) is 36.4 Å². The van der Waals surface area contributed by atoms with Crippen molar-refractivity contribution in [3.63, 3.8) is 0 Å². The molecule has 9 nitrogen and oxygen atoms in total. The zero-order valence-corrected chi connectivity index (χ0v) is 20.5. The predicted octanol–water partition coefficient (Wildman–Crippen LogP) is 4.28. The first-order valence-electron chi connectivity index (χ1n) is 11.5. The SMILES string of the molecule is Cc1cc(-c2cc(Oc3ccccc3)nc(NS(=O)(=O)c3ccccc3)n2)cnc1N1CCOCC1. The number of rotatable bonds is 7. The molecular formula is C26H25N5O4S. The molecule has 0 unspecified atom stereocenters. The van der Waals surface area contributed by atoms with Crippen molar-refractivity contribution in [3.05, 3.63) is 84.6 Å². The monoisotopic (exact) mass is 503 g/mol. The molecule has 1 aliphatic rings. The largest absolute Gasteiger partial charge is 0.439 e. The van der Waals surface area contributed by atoms with Gasteiger partial charge in [-0.2, -0.15) is 4.98 Å². The van der Waals surface area contributed by atoms with Crippen LogP contribution in [0.25, 0.3) is 11.3 Å². The minimum atomic E-state index is -3.90. The van der Waals surface area contributed by atoms with Crippen LogP contribution >= 0.6 is 0 Å². The number of sulfonamides is 1. The third-order valence-electron chi connectivity index (χ3n) is 5.60. The van der Waals surface area contributed by atoms with Gasteiger partial charge in [0.1, 0.15) is 11.6 Å². The fraction of sp³-hybridized carbons (Fsp3) is 0.192. The first-order valence-corrected chi connectivity index (χ1v) is 13.0. The number of hydrogen-bond donors (Lipinski definition) is 1. The predicted molar refractivity (Wildman–Crippen MR) is 137 cm³/mol. The van der Waals surface area contributed by atoms with Gasteiger partial charge in [-0.15, -0.1) is 0 Å². The normalized spacial score (nSPS) is 13.9. The molecule has 0 radical (unpaired) electrons. The van der Waals surface area contributed by atoms with Gasteiger partial charge in [0.15, 0.2) is 0 Å². The first kappa shape index (κ1) is 23.7. The Balaban J connectivity index is 1.51. The minimum absolute atomic E-state index is 0.0998. The summed E-state index contributed by atoms with van der Waals surface area (Å²) in [7, 11) is -3.90. The first-order chi connectivity index (χ1) is 17.5. The Morgan fingerprint density at radius 3 is 2.33 bits per heavy atom.